The minimum Gasteiger partial charge on any atom is -0.508 e. The minimum atomic E-state index is -1.10. The van der Waals surface area contributed by atoms with Crippen molar-refractivity contribution in [3.63, 3.8) is 0 Å². The van der Waals surface area contributed by atoms with E-state index in [9.17, 15) is 14.7 Å². The summed E-state index contributed by atoms with van der Waals surface area (Å²) >= 11 is 0. The Bertz CT molecular complexity index is 819. The molecular weight excluding hydrogens is 334 g/mol. The van der Waals surface area contributed by atoms with Crippen molar-refractivity contribution in [2.45, 2.75) is 33.6 Å². The number of aromatic hydroxyl groups is 1. The van der Waals surface area contributed by atoms with Gasteiger partial charge in [0.25, 0.3) is 5.91 Å². The van der Waals surface area contributed by atoms with E-state index in [1.54, 1.807) is 30.3 Å². The van der Waals surface area contributed by atoms with Crippen LogP contribution in [0, 0.1) is 13.8 Å². The van der Waals surface area contributed by atoms with Crippen LogP contribution in [0.1, 0.15) is 46.8 Å². The average molecular weight is 357 g/mol. The van der Waals surface area contributed by atoms with Gasteiger partial charge in [0.2, 0.25) is 0 Å². The van der Waals surface area contributed by atoms with E-state index in [1.165, 1.54) is 0 Å². The van der Waals surface area contributed by atoms with Crippen molar-refractivity contribution in [1.82, 2.24) is 5.32 Å². The van der Waals surface area contributed by atoms with Crippen LogP contribution in [-0.4, -0.2) is 28.6 Å². The summed E-state index contributed by atoms with van der Waals surface area (Å²) in [4.78, 5) is 22.6. The molecule has 0 atom stereocenters. The number of nitrogens with one attached hydrogen (secondary N) is 1. The normalized spacial score (nSPS) is 10.7. The molecule has 0 bridgehead atoms. The lowest BCUT2D eigenvalue weighted by molar-refractivity contribution is -0.135. The molecule has 0 fully saturated rings. The third kappa shape index (κ3) is 4.53. The van der Waals surface area contributed by atoms with Gasteiger partial charge in [0.1, 0.15) is 23.8 Å². The summed E-state index contributed by atoms with van der Waals surface area (Å²) in [7, 11) is 0. The van der Waals surface area contributed by atoms with Gasteiger partial charge in [0, 0.05) is 11.1 Å². The highest BCUT2D eigenvalue weighted by Gasteiger charge is 2.14. The van der Waals surface area contributed by atoms with E-state index in [1.807, 2.05) is 27.7 Å². The SMILES string of the molecule is Cc1cc(C(=O)NCC(=O)O)cc(C)c1Oc1ccc(O)c(C(C)C)c1. The second kappa shape index (κ2) is 7.91. The molecule has 0 aromatic heterocycles. The van der Waals surface area contributed by atoms with Crippen molar-refractivity contribution < 1.29 is 24.5 Å². The predicted molar refractivity (Wildman–Crippen MR) is 98.2 cm³/mol. The lowest BCUT2D eigenvalue weighted by Gasteiger charge is -2.16. The van der Waals surface area contributed by atoms with Crippen LogP contribution < -0.4 is 10.1 Å². The number of ether oxygens (including phenoxy) is 1. The number of phenolic OH excluding ortho intramolecular Hbond substituents is 1. The van der Waals surface area contributed by atoms with Crippen LogP contribution >= 0.6 is 0 Å². The zero-order chi connectivity index (χ0) is 19.4. The minimum absolute atomic E-state index is 0.154. The predicted octanol–water partition coefficient (Wildman–Crippen LogP) is 3.74. The maximum atomic E-state index is 12.0. The second-order valence-electron chi connectivity index (χ2n) is 6.49. The summed E-state index contributed by atoms with van der Waals surface area (Å²) < 4.78 is 5.98. The largest absolute Gasteiger partial charge is 0.508 e. The molecule has 0 heterocycles. The summed E-state index contributed by atoms with van der Waals surface area (Å²) in [5, 5.41) is 20.9. The van der Waals surface area contributed by atoms with Gasteiger partial charge in [-0.15, -0.1) is 0 Å². The highest BCUT2D eigenvalue weighted by molar-refractivity contribution is 5.96. The summed E-state index contributed by atoms with van der Waals surface area (Å²) in [6.07, 6.45) is 0. The van der Waals surface area contributed by atoms with Gasteiger partial charge in [0.15, 0.2) is 0 Å². The molecule has 0 aliphatic carbocycles. The quantitative estimate of drug-likeness (QED) is 0.732. The molecule has 2 aromatic carbocycles. The van der Waals surface area contributed by atoms with Crippen LogP contribution in [0.15, 0.2) is 30.3 Å². The summed E-state index contributed by atoms with van der Waals surface area (Å²) in [6.45, 7) is 7.18. The van der Waals surface area contributed by atoms with E-state index < -0.39 is 18.4 Å². The zero-order valence-electron chi connectivity index (χ0n) is 15.3. The maximum Gasteiger partial charge on any atom is 0.322 e. The Morgan fingerprint density at radius 1 is 1.12 bits per heavy atom. The van der Waals surface area contributed by atoms with Crippen molar-refractivity contribution >= 4 is 11.9 Å². The Morgan fingerprint density at radius 2 is 1.73 bits per heavy atom. The first-order valence-corrected chi connectivity index (χ1v) is 8.31. The Morgan fingerprint density at radius 3 is 2.27 bits per heavy atom. The van der Waals surface area contributed by atoms with Gasteiger partial charge >= 0.3 is 5.97 Å². The highest BCUT2D eigenvalue weighted by Crippen LogP contribution is 2.34. The van der Waals surface area contributed by atoms with Crippen molar-refractivity contribution in [1.29, 1.82) is 0 Å². The first-order valence-electron chi connectivity index (χ1n) is 8.31. The average Bonchev–Trinajstić information content (AvgIpc) is 2.56. The molecule has 0 aliphatic heterocycles. The van der Waals surface area contributed by atoms with E-state index in [2.05, 4.69) is 5.32 Å². The van der Waals surface area contributed by atoms with Crippen LogP contribution in [0.3, 0.4) is 0 Å². The van der Waals surface area contributed by atoms with E-state index >= 15 is 0 Å². The van der Waals surface area contributed by atoms with Crippen LogP contribution in [0.5, 0.6) is 17.2 Å². The third-order valence-corrected chi connectivity index (χ3v) is 3.96. The van der Waals surface area contributed by atoms with Crippen molar-refractivity contribution in [2.24, 2.45) is 0 Å². The van der Waals surface area contributed by atoms with E-state index in [4.69, 9.17) is 9.84 Å². The number of phenols is 1. The van der Waals surface area contributed by atoms with Gasteiger partial charge in [0.05, 0.1) is 0 Å². The van der Waals surface area contributed by atoms with Gasteiger partial charge < -0.3 is 20.3 Å². The standard InChI is InChI=1S/C20H23NO5/c1-11(2)16-9-15(5-6-17(16)22)26-19-12(3)7-14(8-13(19)4)20(25)21-10-18(23)24/h5-9,11,22H,10H2,1-4H3,(H,21,25)(H,23,24). The van der Waals surface area contributed by atoms with Crippen LogP contribution in [-0.2, 0) is 4.79 Å². The number of aryl methyl sites for hydroxylation is 2. The second-order valence-corrected chi connectivity index (χ2v) is 6.49. The Labute approximate surface area is 152 Å². The molecule has 0 unspecified atom stereocenters. The van der Waals surface area contributed by atoms with Gasteiger partial charge in [-0.1, -0.05) is 13.8 Å². The number of amides is 1. The van der Waals surface area contributed by atoms with Gasteiger partial charge in [-0.25, -0.2) is 0 Å². The Kier molecular flexibility index (Phi) is 5.87. The molecule has 0 aliphatic rings. The lowest BCUT2D eigenvalue weighted by Crippen LogP contribution is -2.29. The molecule has 2 rings (SSSR count). The number of carbonyl (C=O) groups is 2. The molecule has 2 aromatic rings. The van der Waals surface area contributed by atoms with Crippen LogP contribution in [0.25, 0.3) is 0 Å². The molecule has 138 valence electrons. The number of aliphatic carboxylic acids is 1. The number of carbonyl (C=O) groups excluding carboxylic acids is 1. The molecule has 0 radical (unpaired) electrons. The van der Waals surface area contributed by atoms with Crippen molar-refractivity contribution in [2.75, 3.05) is 6.54 Å². The molecule has 6 nitrogen and oxygen atoms in total. The number of rotatable bonds is 6. The molecular formula is C20H23NO5. The highest BCUT2D eigenvalue weighted by atomic mass is 16.5. The topological polar surface area (TPSA) is 95.9 Å². The van der Waals surface area contributed by atoms with Gasteiger partial charge in [-0.3, -0.25) is 9.59 Å². The van der Waals surface area contributed by atoms with Gasteiger partial charge in [-0.05, 0) is 61.2 Å². The summed E-state index contributed by atoms with van der Waals surface area (Å²) in [5.74, 6) is 0.0603. The Hall–Kier alpha value is -3.02. The van der Waals surface area contributed by atoms with Gasteiger partial charge in [-0.2, -0.15) is 0 Å². The van der Waals surface area contributed by atoms with Crippen LogP contribution in [0.2, 0.25) is 0 Å². The number of hydrogen-bond donors (Lipinski definition) is 3. The fourth-order valence-corrected chi connectivity index (χ4v) is 2.68. The fourth-order valence-electron chi connectivity index (χ4n) is 2.68. The van der Waals surface area contributed by atoms with Crippen LogP contribution in [0.4, 0.5) is 0 Å². The number of hydrogen-bond acceptors (Lipinski definition) is 4. The monoisotopic (exact) mass is 357 g/mol. The fraction of sp³-hybridized carbons (Fsp3) is 0.300. The van der Waals surface area contributed by atoms with E-state index in [-0.39, 0.29) is 11.7 Å². The molecule has 6 heteroatoms. The third-order valence-electron chi connectivity index (χ3n) is 3.96. The van der Waals surface area contributed by atoms with E-state index in [0.29, 0.717) is 17.1 Å². The summed E-state index contributed by atoms with van der Waals surface area (Å²) in [5.41, 5.74) is 2.68. The first kappa shape index (κ1) is 19.3. The number of benzene rings is 2. The van der Waals surface area contributed by atoms with Crippen molar-refractivity contribution in [3.05, 3.63) is 52.6 Å². The van der Waals surface area contributed by atoms with E-state index in [0.717, 1.165) is 16.7 Å². The summed E-state index contributed by atoms with van der Waals surface area (Å²) in [6, 6.07) is 8.40. The molecule has 3 N–H and O–H groups in total. The maximum absolute atomic E-state index is 12.0. The molecule has 0 spiro atoms. The zero-order valence-corrected chi connectivity index (χ0v) is 15.3. The first-order chi connectivity index (χ1) is 12.2. The lowest BCUT2D eigenvalue weighted by atomic mass is 10.0. The molecule has 0 saturated heterocycles. The molecule has 0 saturated carbocycles. The Balaban J connectivity index is 2.27. The molecule has 26 heavy (non-hydrogen) atoms. The smallest absolute Gasteiger partial charge is 0.322 e. The molecule has 1 amide bonds. The number of carboxylic acids is 1. The van der Waals surface area contributed by atoms with Crippen molar-refractivity contribution in [3.8, 4) is 17.2 Å². The number of carboxylic acid groups (broad SMARTS) is 1.